The van der Waals surface area contributed by atoms with Crippen LogP contribution in [0.25, 0.3) is 0 Å². The number of nitrogens with two attached hydrogens (primary N) is 1. The smallest absolute Gasteiger partial charge is 0.144 e. The number of likely N-dealkylation sites (N-methyl/N-ethyl adjacent to an activating group) is 2. The van der Waals surface area contributed by atoms with Crippen LogP contribution in [0.3, 0.4) is 0 Å². The van der Waals surface area contributed by atoms with Gasteiger partial charge in [0, 0.05) is 33.3 Å². The fourth-order valence-electron chi connectivity index (χ4n) is 1.73. The largest absolute Gasteiger partial charge is 0.495 e. The van der Waals surface area contributed by atoms with E-state index < -0.39 is 0 Å². The molecule has 0 unspecified atom stereocenters. The van der Waals surface area contributed by atoms with Crippen LogP contribution in [-0.4, -0.2) is 53.3 Å². The maximum Gasteiger partial charge on any atom is 0.144 e. The molecule has 3 N–H and O–H groups in total. The number of nitrogen functional groups attached to an aromatic ring is 1. The maximum absolute atomic E-state index is 5.93. The van der Waals surface area contributed by atoms with E-state index in [0.717, 1.165) is 30.2 Å². The summed E-state index contributed by atoms with van der Waals surface area (Å²) in [4.78, 5) is 4.32. The Morgan fingerprint density at radius 1 is 1.22 bits per heavy atom. The molecule has 0 fully saturated rings. The van der Waals surface area contributed by atoms with Crippen LogP contribution < -0.4 is 20.7 Å². The van der Waals surface area contributed by atoms with E-state index in [0.29, 0.717) is 5.69 Å². The van der Waals surface area contributed by atoms with Crippen molar-refractivity contribution in [3.05, 3.63) is 12.1 Å². The number of nitrogens with one attached hydrogen (secondary N) is 1. The molecule has 5 nitrogen and oxygen atoms in total. The highest BCUT2D eigenvalue weighted by Gasteiger charge is 2.11. The van der Waals surface area contributed by atoms with Gasteiger partial charge in [0.05, 0.1) is 24.2 Å². The minimum absolute atomic E-state index is 0.694. The van der Waals surface area contributed by atoms with E-state index >= 15 is 0 Å². The van der Waals surface area contributed by atoms with Crippen molar-refractivity contribution < 1.29 is 4.74 Å². The van der Waals surface area contributed by atoms with Crippen LogP contribution in [0.2, 0.25) is 0 Å². The molecular weight excluding hydrogens is 228 g/mol. The summed E-state index contributed by atoms with van der Waals surface area (Å²) in [6.07, 6.45) is 0. The first kappa shape index (κ1) is 14.4. The van der Waals surface area contributed by atoms with Gasteiger partial charge in [-0.05, 0) is 20.2 Å². The van der Waals surface area contributed by atoms with E-state index in [9.17, 15) is 0 Å². The maximum atomic E-state index is 5.93. The van der Waals surface area contributed by atoms with Crippen LogP contribution >= 0.6 is 0 Å². The number of ether oxygens (including phenoxy) is 1. The molecule has 0 heterocycles. The number of nitrogens with zero attached hydrogens (tertiary/aromatic N) is 2. The molecule has 0 spiro atoms. The molecule has 5 heteroatoms. The first-order valence-corrected chi connectivity index (χ1v) is 6.00. The van der Waals surface area contributed by atoms with E-state index in [2.05, 4.69) is 36.3 Å². The molecule has 1 aromatic rings. The van der Waals surface area contributed by atoms with E-state index in [1.165, 1.54) is 0 Å². The Morgan fingerprint density at radius 2 is 1.89 bits per heavy atom. The normalized spacial score (nSPS) is 10.6. The predicted molar refractivity (Wildman–Crippen MR) is 78.8 cm³/mol. The minimum Gasteiger partial charge on any atom is -0.495 e. The van der Waals surface area contributed by atoms with Gasteiger partial charge >= 0.3 is 0 Å². The summed E-state index contributed by atoms with van der Waals surface area (Å²) in [6, 6.07) is 3.87. The van der Waals surface area contributed by atoms with Gasteiger partial charge in [0.1, 0.15) is 5.75 Å². The number of benzene rings is 1. The highest BCUT2D eigenvalue weighted by Crippen LogP contribution is 2.34. The third-order valence-electron chi connectivity index (χ3n) is 2.91. The molecule has 1 rings (SSSR count). The second-order valence-electron chi connectivity index (χ2n) is 4.59. The third kappa shape index (κ3) is 3.43. The zero-order chi connectivity index (χ0) is 13.7. The minimum atomic E-state index is 0.694. The fraction of sp³-hybridized carbons (Fsp3) is 0.538. The Hall–Kier alpha value is -1.62. The highest BCUT2D eigenvalue weighted by atomic mass is 16.5. The van der Waals surface area contributed by atoms with Crippen molar-refractivity contribution in [2.45, 2.75) is 0 Å². The molecule has 0 aliphatic heterocycles. The molecule has 18 heavy (non-hydrogen) atoms. The van der Waals surface area contributed by atoms with Crippen molar-refractivity contribution >= 4 is 17.1 Å². The first-order valence-electron chi connectivity index (χ1n) is 6.00. The van der Waals surface area contributed by atoms with Gasteiger partial charge in [0.25, 0.3) is 0 Å². The number of anilines is 3. The van der Waals surface area contributed by atoms with Gasteiger partial charge in [-0.2, -0.15) is 0 Å². The molecule has 102 valence electrons. The lowest BCUT2D eigenvalue weighted by Gasteiger charge is -2.24. The molecule has 0 bridgehead atoms. The van der Waals surface area contributed by atoms with Crippen molar-refractivity contribution in [1.82, 2.24) is 4.90 Å². The zero-order valence-electron chi connectivity index (χ0n) is 11.9. The Bertz CT molecular complexity index is 393. The highest BCUT2D eigenvalue weighted by molar-refractivity contribution is 5.77. The first-order chi connectivity index (χ1) is 8.49. The second kappa shape index (κ2) is 6.35. The Balaban J connectivity index is 2.97. The summed E-state index contributed by atoms with van der Waals surface area (Å²) in [5.41, 5.74) is 8.58. The molecule has 0 aliphatic rings. The lowest BCUT2D eigenvalue weighted by Crippen LogP contribution is -2.28. The molecule has 0 saturated heterocycles. The molecule has 1 aromatic carbocycles. The number of rotatable bonds is 6. The summed E-state index contributed by atoms with van der Waals surface area (Å²) < 4.78 is 5.39. The Morgan fingerprint density at radius 3 is 2.39 bits per heavy atom. The average molecular weight is 252 g/mol. The standard InChI is InChI=1S/C13H24N4O/c1-15-11-9-12(13(18-5)8-10(11)14)17(4)7-6-16(2)3/h8-9,15H,6-7,14H2,1-5H3. The molecule has 0 radical (unpaired) electrons. The average Bonchev–Trinajstić information content (AvgIpc) is 2.35. The summed E-state index contributed by atoms with van der Waals surface area (Å²) >= 11 is 0. The van der Waals surface area contributed by atoms with Gasteiger partial charge in [0.15, 0.2) is 0 Å². The van der Waals surface area contributed by atoms with Crippen molar-refractivity contribution in [3.8, 4) is 5.75 Å². The lowest BCUT2D eigenvalue weighted by atomic mass is 10.2. The van der Waals surface area contributed by atoms with E-state index in [1.807, 2.05) is 19.2 Å². The van der Waals surface area contributed by atoms with Crippen LogP contribution in [0.15, 0.2) is 12.1 Å². The van der Waals surface area contributed by atoms with Gasteiger partial charge in [-0.3, -0.25) is 0 Å². The monoisotopic (exact) mass is 252 g/mol. The van der Waals surface area contributed by atoms with Crippen LogP contribution in [0, 0.1) is 0 Å². The molecule has 0 atom stereocenters. The zero-order valence-corrected chi connectivity index (χ0v) is 11.9. The van der Waals surface area contributed by atoms with Crippen LogP contribution in [0.5, 0.6) is 5.75 Å². The van der Waals surface area contributed by atoms with Crippen molar-refractivity contribution in [2.24, 2.45) is 0 Å². The quantitative estimate of drug-likeness (QED) is 0.748. The van der Waals surface area contributed by atoms with Gasteiger partial charge in [0.2, 0.25) is 0 Å². The van der Waals surface area contributed by atoms with E-state index in [-0.39, 0.29) is 0 Å². The molecule has 0 aromatic heterocycles. The molecule has 0 saturated carbocycles. The summed E-state index contributed by atoms with van der Waals surface area (Å²) in [7, 11) is 9.70. The van der Waals surface area contributed by atoms with E-state index in [1.54, 1.807) is 7.11 Å². The number of hydrogen-bond donors (Lipinski definition) is 2. The van der Waals surface area contributed by atoms with Crippen LogP contribution in [0.1, 0.15) is 0 Å². The van der Waals surface area contributed by atoms with Crippen molar-refractivity contribution in [3.63, 3.8) is 0 Å². The Kier molecular flexibility index (Phi) is 5.09. The van der Waals surface area contributed by atoms with Crippen LogP contribution in [-0.2, 0) is 0 Å². The molecule has 0 aliphatic carbocycles. The lowest BCUT2D eigenvalue weighted by molar-refractivity contribution is 0.406. The third-order valence-corrected chi connectivity index (χ3v) is 2.91. The summed E-state index contributed by atoms with van der Waals surface area (Å²) in [5.74, 6) is 0.799. The molecule has 0 amide bonds. The SMILES string of the molecule is CNc1cc(N(C)CCN(C)C)c(OC)cc1N. The number of methoxy groups -OCH3 is 1. The topological polar surface area (TPSA) is 53.8 Å². The van der Waals surface area contributed by atoms with Gasteiger partial charge in [-0.1, -0.05) is 0 Å². The fourth-order valence-corrected chi connectivity index (χ4v) is 1.73. The second-order valence-corrected chi connectivity index (χ2v) is 4.59. The Labute approximate surface area is 110 Å². The van der Waals surface area contributed by atoms with Crippen LogP contribution in [0.4, 0.5) is 17.1 Å². The van der Waals surface area contributed by atoms with Gasteiger partial charge < -0.3 is 25.6 Å². The molecular formula is C13H24N4O. The van der Waals surface area contributed by atoms with Crippen molar-refractivity contribution in [1.29, 1.82) is 0 Å². The van der Waals surface area contributed by atoms with Gasteiger partial charge in [-0.25, -0.2) is 0 Å². The predicted octanol–water partition coefficient (Wildman–Crippen LogP) is 1.32. The van der Waals surface area contributed by atoms with Crippen molar-refractivity contribution in [2.75, 3.05) is 64.3 Å². The summed E-state index contributed by atoms with van der Waals surface area (Å²) in [5, 5.41) is 3.09. The van der Waals surface area contributed by atoms with E-state index in [4.69, 9.17) is 10.5 Å². The number of hydrogen-bond acceptors (Lipinski definition) is 5. The van der Waals surface area contributed by atoms with Gasteiger partial charge in [-0.15, -0.1) is 0 Å². The summed E-state index contributed by atoms with van der Waals surface area (Å²) in [6.45, 7) is 1.91.